The number of anilines is 2. The van der Waals surface area contributed by atoms with Crippen LogP contribution in [-0.4, -0.2) is 54.4 Å². The van der Waals surface area contributed by atoms with E-state index >= 15 is 0 Å². The molecule has 1 aromatic rings. The number of halogens is 1. The number of nitrogens with zero attached hydrogens (tertiary/aromatic N) is 4. The first kappa shape index (κ1) is 13.0. The summed E-state index contributed by atoms with van der Waals surface area (Å²) in [4.78, 5) is 11.5. The Balaban J connectivity index is 2.21. The number of β-amino-alcohol motifs (C(OH)–C–C–N with tert-alkyl or cyclic N) is 1. The molecular formula is C11H18FN5O. The topological polar surface area (TPSA) is 78.5 Å². The molecule has 2 atom stereocenters. The maximum absolute atomic E-state index is 13.5. The van der Waals surface area contributed by atoms with Crippen LogP contribution in [0.25, 0.3) is 0 Å². The Morgan fingerprint density at radius 2 is 2.28 bits per heavy atom. The van der Waals surface area contributed by atoms with Gasteiger partial charge in [0.15, 0.2) is 11.6 Å². The minimum Gasteiger partial charge on any atom is -0.390 e. The van der Waals surface area contributed by atoms with Crippen LogP contribution in [0.4, 0.5) is 16.2 Å². The number of hydrogen-bond donors (Lipinski definition) is 2. The van der Waals surface area contributed by atoms with Gasteiger partial charge >= 0.3 is 0 Å². The van der Waals surface area contributed by atoms with Crippen molar-refractivity contribution in [2.45, 2.75) is 18.6 Å². The van der Waals surface area contributed by atoms with E-state index in [0.717, 1.165) is 6.20 Å². The third-order valence-corrected chi connectivity index (χ3v) is 3.05. The van der Waals surface area contributed by atoms with Crippen molar-refractivity contribution in [1.29, 1.82) is 0 Å². The van der Waals surface area contributed by atoms with Crippen molar-refractivity contribution in [3.8, 4) is 0 Å². The van der Waals surface area contributed by atoms with Crippen molar-refractivity contribution in [1.82, 2.24) is 9.97 Å². The Kier molecular flexibility index (Phi) is 3.63. The van der Waals surface area contributed by atoms with Gasteiger partial charge in [0.25, 0.3) is 0 Å². The lowest BCUT2D eigenvalue weighted by Gasteiger charge is -2.34. The van der Waals surface area contributed by atoms with Gasteiger partial charge < -0.3 is 20.6 Å². The Labute approximate surface area is 105 Å². The average Bonchev–Trinajstić information content (AvgIpc) is 2.33. The van der Waals surface area contributed by atoms with Gasteiger partial charge in [0.1, 0.15) is 0 Å². The van der Waals surface area contributed by atoms with Gasteiger partial charge in [-0.15, -0.1) is 0 Å². The van der Waals surface area contributed by atoms with Gasteiger partial charge in [0.2, 0.25) is 5.95 Å². The van der Waals surface area contributed by atoms with E-state index in [1.807, 2.05) is 4.90 Å². The molecule has 0 amide bonds. The van der Waals surface area contributed by atoms with Crippen LogP contribution in [-0.2, 0) is 0 Å². The second kappa shape index (κ2) is 5.03. The van der Waals surface area contributed by atoms with Gasteiger partial charge in [-0.3, -0.25) is 0 Å². The number of aliphatic hydroxyl groups is 1. The highest BCUT2D eigenvalue weighted by Crippen LogP contribution is 2.20. The molecule has 1 fully saturated rings. The van der Waals surface area contributed by atoms with E-state index in [0.29, 0.717) is 25.5 Å². The molecule has 100 valence electrons. The average molecular weight is 255 g/mol. The summed E-state index contributed by atoms with van der Waals surface area (Å²) in [6.07, 6.45) is 1.22. The third kappa shape index (κ3) is 2.51. The molecule has 2 heterocycles. The highest BCUT2D eigenvalue weighted by Gasteiger charge is 2.26. The van der Waals surface area contributed by atoms with Crippen LogP contribution in [0.2, 0.25) is 0 Å². The number of aliphatic hydroxyl groups excluding tert-OH is 1. The lowest BCUT2D eigenvalue weighted by atomic mass is 10.0. The maximum Gasteiger partial charge on any atom is 0.227 e. The summed E-state index contributed by atoms with van der Waals surface area (Å²) in [6.45, 7) is 1.04. The number of aromatic nitrogens is 2. The van der Waals surface area contributed by atoms with Crippen LogP contribution in [0.1, 0.15) is 6.42 Å². The zero-order chi connectivity index (χ0) is 13.3. The van der Waals surface area contributed by atoms with E-state index in [1.54, 1.807) is 19.0 Å². The summed E-state index contributed by atoms with van der Waals surface area (Å²) in [7, 11) is 3.44. The lowest BCUT2D eigenvalue weighted by molar-refractivity contribution is 0.131. The van der Waals surface area contributed by atoms with Crippen molar-refractivity contribution in [2.24, 2.45) is 5.73 Å². The first-order chi connectivity index (χ1) is 8.49. The second-order valence-electron chi connectivity index (χ2n) is 4.70. The number of rotatable bonds is 2. The molecule has 1 aliphatic heterocycles. The van der Waals surface area contributed by atoms with Gasteiger partial charge in [-0.05, 0) is 6.42 Å². The lowest BCUT2D eigenvalue weighted by Crippen LogP contribution is -2.51. The maximum atomic E-state index is 13.5. The molecule has 1 aliphatic rings. The van der Waals surface area contributed by atoms with Gasteiger partial charge in [0, 0.05) is 33.2 Å². The largest absolute Gasteiger partial charge is 0.390 e. The summed E-state index contributed by atoms with van der Waals surface area (Å²) in [5.74, 6) is 0.202. The number of hydrogen-bond acceptors (Lipinski definition) is 6. The fourth-order valence-corrected chi connectivity index (χ4v) is 1.95. The Morgan fingerprint density at radius 3 is 2.89 bits per heavy atom. The number of nitrogens with two attached hydrogens (primary N) is 1. The van der Waals surface area contributed by atoms with Crippen LogP contribution in [0.15, 0.2) is 6.20 Å². The van der Waals surface area contributed by atoms with Crippen LogP contribution >= 0.6 is 0 Å². The molecule has 7 heteroatoms. The quantitative estimate of drug-likeness (QED) is 0.747. The first-order valence-electron chi connectivity index (χ1n) is 5.87. The summed E-state index contributed by atoms with van der Waals surface area (Å²) in [6, 6.07) is -0.213. The summed E-state index contributed by atoms with van der Waals surface area (Å²) < 4.78 is 13.5. The second-order valence-corrected chi connectivity index (χ2v) is 4.70. The zero-order valence-electron chi connectivity index (χ0n) is 10.5. The molecule has 18 heavy (non-hydrogen) atoms. The molecule has 1 saturated heterocycles. The summed E-state index contributed by atoms with van der Waals surface area (Å²) >= 11 is 0. The highest BCUT2D eigenvalue weighted by molar-refractivity contribution is 5.44. The predicted molar refractivity (Wildman–Crippen MR) is 67.1 cm³/mol. The van der Waals surface area contributed by atoms with Gasteiger partial charge in [-0.25, -0.2) is 9.37 Å². The van der Waals surface area contributed by atoms with E-state index in [9.17, 15) is 9.50 Å². The fraction of sp³-hybridized carbons (Fsp3) is 0.636. The van der Waals surface area contributed by atoms with Crippen molar-refractivity contribution >= 4 is 11.8 Å². The minimum atomic E-state index is -0.602. The van der Waals surface area contributed by atoms with Crippen LogP contribution in [0.3, 0.4) is 0 Å². The smallest absolute Gasteiger partial charge is 0.227 e. The normalized spacial score (nSPS) is 24.2. The van der Waals surface area contributed by atoms with E-state index in [2.05, 4.69) is 9.97 Å². The molecule has 2 rings (SSSR count). The van der Waals surface area contributed by atoms with Crippen LogP contribution < -0.4 is 15.5 Å². The Morgan fingerprint density at radius 1 is 1.56 bits per heavy atom. The molecule has 0 aromatic carbocycles. The van der Waals surface area contributed by atoms with Gasteiger partial charge in [0.05, 0.1) is 12.3 Å². The van der Waals surface area contributed by atoms with Crippen molar-refractivity contribution < 1.29 is 9.50 Å². The van der Waals surface area contributed by atoms with Gasteiger partial charge in [-0.2, -0.15) is 4.98 Å². The predicted octanol–water partition coefficient (Wildman–Crippen LogP) is -0.420. The van der Waals surface area contributed by atoms with E-state index in [-0.39, 0.29) is 11.9 Å². The highest BCUT2D eigenvalue weighted by atomic mass is 19.1. The molecular weight excluding hydrogens is 237 g/mol. The molecule has 1 aromatic heterocycles. The Bertz CT molecular complexity index is 428. The van der Waals surface area contributed by atoms with E-state index in [4.69, 9.17) is 5.73 Å². The summed E-state index contributed by atoms with van der Waals surface area (Å²) in [5.41, 5.74) is 5.74. The fourth-order valence-electron chi connectivity index (χ4n) is 1.95. The molecule has 0 radical (unpaired) electrons. The Hall–Kier alpha value is -1.47. The third-order valence-electron chi connectivity index (χ3n) is 3.05. The van der Waals surface area contributed by atoms with Gasteiger partial charge in [-0.1, -0.05) is 0 Å². The van der Waals surface area contributed by atoms with E-state index in [1.165, 1.54) is 0 Å². The monoisotopic (exact) mass is 255 g/mol. The molecule has 0 spiro atoms. The van der Waals surface area contributed by atoms with Crippen LogP contribution in [0.5, 0.6) is 0 Å². The summed E-state index contributed by atoms with van der Waals surface area (Å²) in [5, 5.41) is 9.74. The molecule has 3 N–H and O–H groups in total. The van der Waals surface area contributed by atoms with Crippen molar-refractivity contribution in [3.05, 3.63) is 12.0 Å². The molecule has 0 aliphatic carbocycles. The van der Waals surface area contributed by atoms with Crippen LogP contribution in [0, 0.1) is 5.82 Å². The van der Waals surface area contributed by atoms with Crippen molar-refractivity contribution in [2.75, 3.05) is 37.0 Å². The standard InChI is InChI=1S/C11H18FN5O/c1-16(2)10-7(12)5-14-11(15-10)17-4-3-8(13)9(18)6-17/h5,8-9,18H,3-4,6,13H2,1-2H3. The van der Waals surface area contributed by atoms with Crippen molar-refractivity contribution in [3.63, 3.8) is 0 Å². The minimum absolute atomic E-state index is 0.213. The SMILES string of the molecule is CN(C)c1nc(N2CCC(N)C(O)C2)ncc1F. The molecule has 0 bridgehead atoms. The first-order valence-corrected chi connectivity index (χ1v) is 5.87. The molecule has 0 saturated carbocycles. The molecule has 6 nitrogen and oxygen atoms in total. The zero-order valence-corrected chi connectivity index (χ0v) is 10.5. The number of piperidine rings is 1. The van der Waals surface area contributed by atoms with E-state index < -0.39 is 11.9 Å². The molecule has 2 unspecified atom stereocenters.